The Morgan fingerprint density at radius 3 is 2.48 bits per heavy atom. The van der Waals surface area contributed by atoms with Crippen LogP contribution >= 0.6 is 23.8 Å². The molecular formula is C15H8ClF3N2OS. The predicted octanol–water partition coefficient (Wildman–Crippen LogP) is 4.72. The van der Waals surface area contributed by atoms with Gasteiger partial charge in [0.05, 0.1) is 27.2 Å². The molecule has 0 unspecified atom stereocenters. The van der Waals surface area contributed by atoms with E-state index in [1.54, 1.807) is 24.3 Å². The molecule has 0 fully saturated rings. The predicted molar refractivity (Wildman–Crippen MR) is 84.7 cm³/mol. The minimum Gasteiger partial charge on any atom is -0.331 e. The van der Waals surface area contributed by atoms with Crippen molar-refractivity contribution in [3.63, 3.8) is 0 Å². The summed E-state index contributed by atoms with van der Waals surface area (Å²) in [5.74, 6) is 0. The van der Waals surface area contributed by atoms with Gasteiger partial charge >= 0.3 is 6.18 Å². The summed E-state index contributed by atoms with van der Waals surface area (Å²) in [6.07, 6.45) is -4.50. The topological polar surface area (TPSA) is 37.8 Å². The first kappa shape index (κ1) is 15.8. The van der Waals surface area contributed by atoms with Gasteiger partial charge in [-0.2, -0.15) is 13.2 Å². The van der Waals surface area contributed by atoms with Gasteiger partial charge < -0.3 is 4.98 Å². The number of alkyl halides is 3. The zero-order valence-corrected chi connectivity index (χ0v) is 12.9. The average Bonchev–Trinajstić information content (AvgIpc) is 2.47. The monoisotopic (exact) mass is 356 g/mol. The molecule has 8 heteroatoms. The van der Waals surface area contributed by atoms with E-state index in [-0.39, 0.29) is 15.7 Å². The molecule has 0 radical (unpaired) electrons. The van der Waals surface area contributed by atoms with Gasteiger partial charge in [-0.05, 0) is 42.5 Å². The molecule has 0 amide bonds. The highest BCUT2D eigenvalue weighted by Crippen LogP contribution is 2.30. The van der Waals surface area contributed by atoms with Gasteiger partial charge in [-0.25, -0.2) is 0 Å². The normalized spacial score (nSPS) is 11.8. The van der Waals surface area contributed by atoms with Crippen molar-refractivity contribution in [2.75, 3.05) is 0 Å². The van der Waals surface area contributed by atoms with Gasteiger partial charge in [0.2, 0.25) is 0 Å². The highest BCUT2D eigenvalue weighted by molar-refractivity contribution is 7.71. The van der Waals surface area contributed by atoms with Gasteiger partial charge in [-0.15, -0.1) is 0 Å². The molecule has 23 heavy (non-hydrogen) atoms. The number of nitrogens with zero attached hydrogens (tertiary/aromatic N) is 1. The molecule has 2 aromatic carbocycles. The number of H-pyrrole nitrogens is 1. The van der Waals surface area contributed by atoms with E-state index < -0.39 is 17.3 Å². The fourth-order valence-electron chi connectivity index (χ4n) is 2.25. The molecule has 0 saturated heterocycles. The van der Waals surface area contributed by atoms with E-state index in [0.717, 1.165) is 22.8 Å². The fraction of sp³-hybridized carbons (Fsp3) is 0.0667. The lowest BCUT2D eigenvalue weighted by molar-refractivity contribution is -0.137. The summed E-state index contributed by atoms with van der Waals surface area (Å²) in [5, 5.41) is 0.395. The van der Waals surface area contributed by atoms with E-state index in [2.05, 4.69) is 4.98 Å². The lowest BCUT2D eigenvalue weighted by Gasteiger charge is -2.11. The molecule has 3 rings (SSSR count). The van der Waals surface area contributed by atoms with E-state index >= 15 is 0 Å². The highest BCUT2D eigenvalue weighted by atomic mass is 35.5. The molecule has 3 aromatic rings. The zero-order chi connectivity index (χ0) is 16.8. The minimum atomic E-state index is -4.50. The number of hydrogen-bond acceptors (Lipinski definition) is 2. The Hall–Kier alpha value is -2.12. The first-order chi connectivity index (χ1) is 10.8. The number of halogens is 4. The van der Waals surface area contributed by atoms with Crippen LogP contribution in [0.1, 0.15) is 5.56 Å². The van der Waals surface area contributed by atoms with Crippen LogP contribution < -0.4 is 5.56 Å². The number of aromatic nitrogens is 2. The minimum absolute atomic E-state index is 0.0260. The van der Waals surface area contributed by atoms with E-state index in [1.165, 1.54) is 0 Å². The maximum Gasteiger partial charge on any atom is 0.416 e. The van der Waals surface area contributed by atoms with Gasteiger partial charge in [0, 0.05) is 0 Å². The van der Waals surface area contributed by atoms with E-state index in [1.807, 2.05) is 0 Å². The van der Waals surface area contributed by atoms with Crippen LogP contribution in [0, 0.1) is 4.77 Å². The van der Waals surface area contributed by atoms with E-state index in [4.69, 9.17) is 23.8 Å². The van der Waals surface area contributed by atoms with Gasteiger partial charge in [0.25, 0.3) is 5.56 Å². The summed E-state index contributed by atoms with van der Waals surface area (Å²) in [6, 6.07) is 9.41. The first-order valence-corrected chi connectivity index (χ1v) is 7.19. The van der Waals surface area contributed by atoms with Crippen molar-refractivity contribution in [1.82, 2.24) is 9.55 Å². The summed E-state index contributed by atoms with van der Waals surface area (Å²) in [5.41, 5.74) is -1.00. The lowest BCUT2D eigenvalue weighted by Crippen LogP contribution is -2.21. The van der Waals surface area contributed by atoms with Crippen LogP contribution in [0.5, 0.6) is 0 Å². The lowest BCUT2D eigenvalue weighted by atomic mass is 10.1. The molecule has 1 heterocycles. The Labute approximate surface area is 138 Å². The van der Waals surface area contributed by atoms with Crippen molar-refractivity contribution < 1.29 is 13.2 Å². The smallest absolute Gasteiger partial charge is 0.331 e. The summed E-state index contributed by atoms with van der Waals surface area (Å²) >= 11 is 11.2. The van der Waals surface area contributed by atoms with Crippen molar-refractivity contribution in [2.24, 2.45) is 0 Å². The molecule has 0 aliphatic carbocycles. The second kappa shape index (κ2) is 5.50. The van der Waals surface area contributed by atoms with Crippen LogP contribution in [0.15, 0.2) is 47.3 Å². The SMILES string of the molecule is O=c1c2ccc(C(F)(F)F)cc2[nH]c(=S)n1-c1ccccc1Cl. The molecule has 0 atom stereocenters. The van der Waals surface area contributed by atoms with Gasteiger partial charge in [0.1, 0.15) is 0 Å². The number of rotatable bonds is 1. The third kappa shape index (κ3) is 2.77. The molecule has 1 aromatic heterocycles. The molecule has 118 valence electrons. The largest absolute Gasteiger partial charge is 0.416 e. The third-order valence-corrected chi connectivity index (χ3v) is 3.92. The third-order valence-electron chi connectivity index (χ3n) is 3.32. The van der Waals surface area contributed by atoms with Crippen LogP contribution in [0.25, 0.3) is 16.6 Å². The Kier molecular flexibility index (Phi) is 3.77. The Bertz CT molecular complexity index is 1020. The fourth-order valence-corrected chi connectivity index (χ4v) is 2.76. The number of aromatic amines is 1. The number of para-hydroxylation sites is 1. The van der Waals surface area contributed by atoms with Crippen LogP contribution in [0.2, 0.25) is 5.02 Å². The van der Waals surface area contributed by atoms with Gasteiger partial charge in [-0.3, -0.25) is 9.36 Å². The number of benzene rings is 2. The molecule has 0 bridgehead atoms. The molecule has 3 nitrogen and oxygen atoms in total. The molecule has 0 aliphatic rings. The van der Waals surface area contributed by atoms with Crippen LogP contribution in [0.3, 0.4) is 0 Å². The summed E-state index contributed by atoms with van der Waals surface area (Å²) in [4.78, 5) is 15.3. The maximum atomic E-state index is 12.8. The van der Waals surface area contributed by atoms with Gasteiger partial charge in [-0.1, -0.05) is 23.7 Å². The van der Waals surface area contributed by atoms with Crippen molar-refractivity contribution in [2.45, 2.75) is 6.18 Å². The first-order valence-electron chi connectivity index (χ1n) is 6.40. The van der Waals surface area contributed by atoms with Crippen LogP contribution in [0.4, 0.5) is 13.2 Å². The highest BCUT2D eigenvalue weighted by Gasteiger charge is 2.30. The molecule has 1 N–H and O–H groups in total. The van der Waals surface area contributed by atoms with Crippen molar-refractivity contribution in [1.29, 1.82) is 0 Å². The molecule has 0 aliphatic heterocycles. The van der Waals surface area contributed by atoms with E-state index in [0.29, 0.717) is 10.7 Å². The van der Waals surface area contributed by atoms with Crippen molar-refractivity contribution in [3.05, 3.63) is 68.2 Å². The summed E-state index contributed by atoms with van der Waals surface area (Å²) in [7, 11) is 0. The Balaban J connectivity index is 2.34. The van der Waals surface area contributed by atoms with Crippen molar-refractivity contribution >= 4 is 34.7 Å². The molecular weight excluding hydrogens is 349 g/mol. The standard InChI is InChI=1S/C15H8ClF3N2OS/c16-10-3-1-2-4-12(10)21-13(22)9-6-5-8(15(17,18)19)7-11(9)20-14(21)23/h1-7H,(H,20,23). The molecule has 0 saturated carbocycles. The van der Waals surface area contributed by atoms with Gasteiger partial charge in [0.15, 0.2) is 4.77 Å². The Morgan fingerprint density at radius 2 is 1.83 bits per heavy atom. The van der Waals surface area contributed by atoms with E-state index in [9.17, 15) is 18.0 Å². The van der Waals surface area contributed by atoms with Crippen LogP contribution in [-0.2, 0) is 6.18 Å². The maximum absolute atomic E-state index is 12.8. The second-order valence-corrected chi connectivity index (χ2v) is 5.57. The van der Waals surface area contributed by atoms with Crippen molar-refractivity contribution in [3.8, 4) is 5.69 Å². The Morgan fingerprint density at radius 1 is 1.13 bits per heavy atom. The summed E-state index contributed by atoms with van der Waals surface area (Å²) < 4.78 is 39.4. The number of nitrogens with one attached hydrogen (secondary N) is 1. The molecule has 0 spiro atoms. The second-order valence-electron chi connectivity index (χ2n) is 4.78. The zero-order valence-electron chi connectivity index (χ0n) is 11.3. The summed E-state index contributed by atoms with van der Waals surface area (Å²) in [6.45, 7) is 0. The number of fused-ring (bicyclic) bond motifs is 1. The van der Waals surface area contributed by atoms with Crippen LogP contribution in [-0.4, -0.2) is 9.55 Å². The average molecular weight is 357 g/mol. The number of hydrogen-bond donors (Lipinski definition) is 1. The quantitative estimate of drug-likeness (QED) is 0.641.